The van der Waals surface area contributed by atoms with Gasteiger partial charge < -0.3 is 14.2 Å². The number of hydrogen-bond donors (Lipinski definition) is 0. The van der Waals surface area contributed by atoms with E-state index in [-0.39, 0.29) is 11.7 Å². The van der Waals surface area contributed by atoms with Crippen LogP contribution in [0.2, 0.25) is 0 Å². The smallest absolute Gasteiger partial charge is 0.219 e. The lowest BCUT2D eigenvalue weighted by molar-refractivity contribution is 0.0967. The molecule has 1 aromatic rings. The van der Waals surface area contributed by atoms with Gasteiger partial charge in [0.1, 0.15) is 11.7 Å². The molecule has 17 heavy (non-hydrogen) atoms. The van der Waals surface area contributed by atoms with E-state index < -0.39 is 0 Å². The van der Waals surface area contributed by atoms with Crippen molar-refractivity contribution in [1.82, 2.24) is 4.98 Å². The first kappa shape index (κ1) is 11.4. The van der Waals surface area contributed by atoms with Gasteiger partial charge in [0.15, 0.2) is 0 Å². The van der Waals surface area contributed by atoms with Crippen LogP contribution in [0.1, 0.15) is 18.9 Å². The van der Waals surface area contributed by atoms with Gasteiger partial charge in [-0.2, -0.15) is 0 Å². The fraction of sp³-hybridized carbons (Fsp3) is 0.583. The van der Waals surface area contributed by atoms with Gasteiger partial charge in [0.05, 0.1) is 13.2 Å². The molecule has 5 heteroatoms. The molecule has 3 heterocycles. The largest absolute Gasteiger partial charge is 0.478 e. The monoisotopic (exact) mass is 299 g/mol. The molecule has 2 aliphatic heterocycles. The first-order valence-corrected chi connectivity index (χ1v) is 6.60. The van der Waals surface area contributed by atoms with Gasteiger partial charge in [0, 0.05) is 29.3 Å². The summed E-state index contributed by atoms with van der Waals surface area (Å²) in [6.45, 7) is 3.96. The van der Waals surface area contributed by atoms with Crippen LogP contribution >= 0.6 is 15.9 Å². The van der Waals surface area contributed by atoms with Crippen LogP contribution < -0.4 is 4.74 Å². The van der Waals surface area contributed by atoms with E-state index in [1.165, 1.54) is 0 Å². The Labute approximate surface area is 108 Å². The van der Waals surface area contributed by atoms with Gasteiger partial charge in [-0.1, -0.05) is 0 Å². The number of rotatable bonds is 3. The van der Waals surface area contributed by atoms with E-state index in [1.54, 1.807) is 6.20 Å². The number of nitrogens with zero attached hydrogens (tertiary/aromatic N) is 1. The minimum absolute atomic E-state index is 0.159. The fourth-order valence-corrected chi connectivity index (χ4v) is 2.71. The van der Waals surface area contributed by atoms with Gasteiger partial charge in [-0.25, -0.2) is 4.98 Å². The maximum atomic E-state index is 5.83. The zero-order valence-corrected chi connectivity index (χ0v) is 11.2. The quantitative estimate of drug-likeness (QED) is 0.803. The van der Waals surface area contributed by atoms with E-state index in [2.05, 4.69) is 20.9 Å². The zero-order valence-electron chi connectivity index (χ0n) is 9.61. The first-order valence-electron chi connectivity index (χ1n) is 5.80. The second-order valence-corrected chi connectivity index (χ2v) is 5.18. The zero-order chi connectivity index (χ0) is 11.9. The summed E-state index contributed by atoms with van der Waals surface area (Å²) in [5.74, 6) is 0.681. The van der Waals surface area contributed by atoms with Gasteiger partial charge in [-0.3, -0.25) is 0 Å². The molecule has 2 aliphatic rings. The highest BCUT2D eigenvalue weighted by Crippen LogP contribution is 2.53. The lowest BCUT2D eigenvalue weighted by Gasteiger charge is -2.20. The molecule has 1 aromatic heterocycles. The van der Waals surface area contributed by atoms with E-state index in [9.17, 15) is 0 Å². The summed E-state index contributed by atoms with van der Waals surface area (Å²) in [4.78, 5) is 4.33. The molecule has 0 N–H and O–H groups in total. The Morgan fingerprint density at radius 3 is 3.29 bits per heavy atom. The van der Waals surface area contributed by atoms with Crippen molar-refractivity contribution in [3.8, 4) is 5.88 Å². The van der Waals surface area contributed by atoms with Crippen molar-refractivity contribution in [1.29, 1.82) is 0 Å². The van der Waals surface area contributed by atoms with Crippen LogP contribution in [0.25, 0.3) is 0 Å². The van der Waals surface area contributed by atoms with Crippen LogP contribution in [0.3, 0.4) is 0 Å². The van der Waals surface area contributed by atoms with E-state index in [4.69, 9.17) is 14.2 Å². The molecule has 92 valence electrons. The van der Waals surface area contributed by atoms with Crippen molar-refractivity contribution in [2.45, 2.75) is 25.0 Å². The number of epoxide rings is 1. The molecule has 2 atom stereocenters. The molecule has 0 spiro atoms. The average Bonchev–Trinajstić information content (AvgIpc) is 3.07. The van der Waals surface area contributed by atoms with Crippen LogP contribution in [-0.4, -0.2) is 30.9 Å². The van der Waals surface area contributed by atoms with E-state index in [0.29, 0.717) is 19.1 Å². The minimum Gasteiger partial charge on any atom is -0.478 e. The molecule has 0 saturated carbocycles. The molecular formula is C12H14BrNO3. The van der Waals surface area contributed by atoms with Gasteiger partial charge in [-0.05, 0) is 28.9 Å². The standard InChI is InChI=1S/C12H14BrNO3/c1-2-16-11-9(5-8(13)6-14-11)12-3-4-15-7-10(12)17-12/h5-6,10H,2-4,7H2,1H3. The summed E-state index contributed by atoms with van der Waals surface area (Å²) in [5.41, 5.74) is 0.821. The van der Waals surface area contributed by atoms with Crippen LogP contribution in [-0.2, 0) is 15.1 Å². The lowest BCUT2D eigenvalue weighted by Crippen LogP contribution is -2.25. The van der Waals surface area contributed by atoms with Crippen molar-refractivity contribution in [3.63, 3.8) is 0 Å². The SMILES string of the molecule is CCOc1ncc(Br)cc1C12CCOCC1O2. The summed E-state index contributed by atoms with van der Waals surface area (Å²) in [6.07, 6.45) is 2.78. The number of fused-ring (bicyclic) bond motifs is 1. The number of hydrogen-bond acceptors (Lipinski definition) is 4. The van der Waals surface area contributed by atoms with Crippen LogP contribution in [0.4, 0.5) is 0 Å². The third kappa shape index (κ3) is 1.86. The van der Waals surface area contributed by atoms with E-state index >= 15 is 0 Å². The Balaban J connectivity index is 1.98. The predicted molar refractivity (Wildman–Crippen MR) is 65.1 cm³/mol. The van der Waals surface area contributed by atoms with Crippen molar-refractivity contribution in [3.05, 3.63) is 22.3 Å². The number of pyridine rings is 1. The normalized spacial score (nSPS) is 30.8. The fourth-order valence-electron chi connectivity index (χ4n) is 2.38. The molecule has 4 nitrogen and oxygen atoms in total. The van der Waals surface area contributed by atoms with Crippen LogP contribution in [0, 0.1) is 0 Å². The molecule has 2 fully saturated rings. The van der Waals surface area contributed by atoms with Crippen molar-refractivity contribution >= 4 is 15.9 Å². The molecule has 2 saturated heterocycles. The molecule has 3 rings (SSSR count). The van der Waals surface area contributed by atoms with E-state index in [0.717, 1.165) is 23.1 Å². The second-order valence-electron chi connectivity index (χ2n) is 4.26. The van der Waals surface area contributed by atoms with Crippen molar-refractivity contribution in [2.24, 2.45) is 0 Å². The maximum absolute atomic E-state index is 5.83. The summed E-state index contributed by atoms with van der Waals surface area (Å²) in [7, 11) is 0. The highest BCUT2D eigenvalue weighted by Gasteiger charge is 2.60. The predicted octanol–water partition coefficient (Wildman–Crippen LogP) is 2.26. The molecular weight excluding hydrogens is 286 g/mol. The minimum atomic E-state index is -0.223. The Morgan fingerprint density at radius 2 is 2.53 bits per heavy atom. The van der Waals surface area contributed by atoms with Gasteiger partial charge in [-0.15, -0.1) is 0 Å². The maximum Gasteiger partial charge on any atom is 0.219 e. The summed E-state index contributed by atoms with van der Waals surface area (Å²) in [6, 6.07) is 2.04. The van der Waals surface area contributed by atoms with Crippen molar-refractivity contribution in [2.75, 3.05) is 19.8 Å². The van der Waals surface area contributed by atoms with Crippen molar-refractivity contribution < 1.29 is 14.2 Å². The Kier molecular flexibility index (Phi) is 2.84. The van der Waals surface area contributed by atoms with E-state index in [1.807, 2.05) is 13.0 Å². The first-order chi connectivity index (χ1) is 8.26. The summed E-state index contributed by atoms with van der Waals surface area (Å²) >= 11 is 3.45. The Hall–Kier alpha value is -0.650. The Bertz CT molecular complexity index is 440. The lowest BCUT2D eigenvalue weighted by atomic mass is 9.92. The second kappa shape index (κ2) is 4.23. The van der Waals surface area contributed by atoms with Crippen LogP contribution in [0.5, 0.6) is 5.88 Å². The van der Waals surface area contributed by atoms with Crippen LogP contribution in [0.15, 0.2) is 16.7 Å². The number of halogens is 1. The third-order valence-corrected chi connectivity index (χ3v) is 3.69. The molecule has 0 amide bonds. The highest BCUT2D eigenvalue weighted by molar-refractivity contribution is 9.10. The number of ether oxygens (including phenoxy) is 3. The molecule has 2 unspecified atom stereocenters. The average molecular weight is 300 g/mol. The molecule has 0 radical (unpaired) electrons. The number of aromatic nitrogens is 1. The highest BCUT2D eigenvalue weighted by atomic mass is 79.9. The van der Waals surface area contributed by atoms with Gasteiger partial charge in [0.2, 0.25) is 5.88 Å². The molecule has 0 bridgehead atoms. The summed E-state index contributed by atoms with van der Waals surface area (Å²) in [5, 5.41) is 0. The molecule has 0 aliphatic carbocycles. The van der Waals surface area contributed by atoms with Gasteiger partial charge >= 0.3 is 0 Å². The Morgan fingerprint density at radius 1 is 1.65 bits per heavy atom. The summed E-state index contributed by atoms with van der Waals surface area (Å²) < 4.78 is 17.8. The van der Waals surface area contributed by atoms with Gasteiger partial charge in [0.25, 0.3) is 0 Å². The topological polar surface area (TPSA) is 43.9 Å². The molecule has 0 aromatic carbocycles. The third-order valence-electron chi connectivity index (χ3n) is 3.26.